The molecule has 4 N–H and O–H groups in total. The highest BCUT2D eigenvalue weighted by Gasteiger charge is 2.40. The Balaban J connectivity index is -0.000000579. The minimum absolute atomic E-state index is 0.0465. The van der Waals surface area contributed by atoms with Crippen molar-refractivity contribution in [1.82, 2.24) is 16.0 Å². The molecule has 1 unspecified atom stereocenters. The first kappa shape index (κ1) is 39.5. The highest BCUT2D eigenvalue weighted by molar-refractivity contribution is 8.07. The molecule has 0 saturated carbocycles. The number of carbonyl (C=O) groups is 4. The standard InChI is InChI=1S/C14H25N3O2S.C8H17NO3.C2H6.CH2O2/c1-13(2,9-18)16-12(19)6-5-7-15-11-17(4)8-14(3)10-20-14;1-8(10)7-12-6-5-11-4-3-9-2;1-2;2-1-3/h9,11H,5-8,10H2,1-4H3,(H,16,19);9H,3-7H2,1-2H3;1-2H3;1H,(H,2,3)/p+1. The van der Waals surface area contributed by atoms with Gasteiger partial charge in [-0.2, -0.15) is 0 Å². The van der Waals surface area contributed by atoms with E-state index in [0.29, 0.717) is 31.0 Å². The molecule has 0 spiro atoms. The first-order chi connectivity index (χ1) is 17.4. The molecular formula is C25H51N4O7S+. The summed E-state index contributed by atoms with van der Waals surface area (Å²) in [5, 5.41) is 15.7. The van der Waals surface area contributed by atoms with Crippen LogP contribution in [0.5, 0.6) is 0 Å². The number of nitrogens with one attached hydrogen (secondary N) is 3. The Kier molecular flexibility index (Phi) is 27.3. The molecule has 1 amide bonds. The minimum Gasteiger partial charge on any atom is -0.483 e. The summed E-state index contributed by atoms with van der Waals surface area (Å²) >= 11 is 1.98. The van der Waals surface area contributed by atoms with Crippen LogP contribution in [-0.4, -0.2) is 117 Å². The van der Waals surface area contributed by atoms with Crippen molar-refractivity contribution in [2.45, 2.75) is 64.7 Å². The molecule has 218 valence electrons. The molecule has 1 rings (SSSR count). The lowest BCUT2D eigenvalue weighted by atomic mass is 10.1. The first-order valence-corrected chi connectivity index (χ1v) is 13.5. The number of carboxylic acid groups (broad SMARTS) is 1. The van der Waals surface area contributed by atoms with Crippen LogP contribution in [0.25, 0.3) is 0 Å². The van der Waals surface area contributed by atoms with E-state index in [-0.39, 0.29) is 24.8 Å². The van der Waals surface area contributed by atoms with Gasteiger partial charge >= 0.3 is 0 Å². The second-order valence-electron chi connectivity index (χ2n) is 8.80. The predicted molar refractivity (Wildman–Crippen MR) is 150 cm³/mol. The minimum atomic E-state index is -0.770. The van der Waals surface area contributed by atoms with Gasteiger partial charge in [-0.05, 0) is 41.2 Å². The molecule has 11 nitrogen and oxygen atoms in total. The third-order valence-electron chi connectivity index (χ3n) is 4.19. The van der Waals surface area contributed by atoms with Gasteiger partial charge in [0.25, 0.3) is 6.47 Å². The molecule has 1 saturated heterocycles. The van der Waals surface area contributed by atoms with Crippen LogP contribution in [0, 0.1) is 0 Å². The van der Waals surface area contributed by atoms with Gasteiger partial charge in [-0.25, -0.2) is 0 Å². The molecule has 1 atom stereocenters. The number of hydrogen-bond acceptors (Lipinski definition) is 8. The Morgan fingerprint density at radius 3 is 2.19 bits per heavy atom. The molecule has 0 aromatic rings. The van der Waals surface area contributed by atoms with E-state index in [1.807, 2.05) is 39.0 Å². The summed E-state index contributed by atoms with van der Waals surface area (Å²) in [7, 11) is 3.92. The van der Waals surface area contributed by atoms with E-state index in [9.17, 15) is 14.4 Å². The molecule has 0 aliphatic carbocycles. The number of hydrogen-bond donors (Lipinski definition) is 4. The molecule has 0 radical (unpaired) electrons. The zero-order valence-electron chi connectivity index (χ0n) is 24.1. The van der Waals surface area contributed by atoms with E-state index in [0.717, 1.165) is 32.3 Å². The van der Waals surface area contributed by atoms with Crippen LogP contribution in [0.4, 0.5) is 0 Å². The Bertz CT molecular complexity index is 643. The van der Waals surface area contributed by atoms with Crippen LogP contribution >= 0.6 is 11.8 Å². The lowest BCUT2D eigenvalue weighted by Gasteiger charge is -2.18. The molecule has 0 aromatic carbocycles. The number of Topliss-reactive ketones (excluding diaryl/α,β-unsaturated/α-hetero) is 1. The van der Waals surface area contributed by atoms with Gasteiger partial charge in [0.1, 0.15) is 12.9 Å². The number of ketones is 1. The SMILES string of the molecule is CC.CNCCOCCOCC(C)=O.C[N+](=CNCCCC(=O)NC(C)(C)C=O)CC1(C)CS1.O=CO. The van der Waals surface area contributed by atoms with Crippen molar-refractivity contribution in [2.75, 3.05) is 65.9 Å². The maximum atomic E-state index is 11.6. The van der Waals surface area contributed by atoms with E-state index in [4.69, 9.17) is 19.4 Å². The van der Waals surface area contributed by atoms with E-state index >= 15 is 0 Å². The lowest BCUT2D eigenvalue weighted by molar-refractivity contribution is -0.496. The number of carbonyl (C=O) groups excluding carboxylic acids is 3. The highest BCUT2D eigenvalue weighted by atomic mass is 32.2. The van der Waals surface area contributed by atoms with Gasteiger partial charge in [0.05, 0.1) is 50.2 Å². The smallest absolute Gasteiger partial charge is 0.290 e. The van der Waals surface area contributed by atoms with Crippen LogP contribution in [0.2, 0.25) is 0 Å². The lowest BCUT2D eigenvalue weighted by Crippen LogP contribution is -2.44. The van der Waals surface area contributed by atoms with E-state index < -0.39 is 5.54 Å². The summed E-state index contributed by atoms with van der Waals surface area (Å²) < 4.78 is 12.7. The number of rotatable bonds is 17. The highest BCUT2D eigenvalue weighted by Crippen LogP contribution is 2.43. The third kappa shape index (κ3) is 32.0. The van der Waals surface area contributed by atoms with E-state index in [1.165, 1.54) is 12.7 Å². The molecule has 1 fully saturated rings. The molecule has 1 heterocycles. The van der Waals surface area contributed by atoms with Gasteiger partial charge in [0.15, 0.2) is 5.78 Å². The van der Waals surface area contributed by atoms with E-state index in [2.05, 4.69) is 34.5 Å². The summed E-state index contributed by atoms with van der Waals surface area (Å²) in [6, 6.07) is 0. The second-order valence-corrected chi connectivity index (χ2v) is 10.4. The molecule has 0 bridgehead atoms. The number of ether oxygens (including phenoxy) is 2. The molecule has 12 heteroatoms. The van der Waals surface area contributed by atoms with Crippen molar-refractivity contribution in [3.8, 4) is 0 Å². The quantitative estimate of drug-likeness (QED) is 0.0519. The predicted octanol–water partition coefficient (Wildman–Crippen LogP) is 1.18. The van der Waals surface area contributed by atoms with Crippen LogP contribution in [0.15, 0.2) is 0 Å². The second kappa shape index (κ2) is 25.6. The third-order valence-corrected chi connectivity index (χ3v) is 5.59. The number of aldehydes is 1. The van der Waals surface area contributed by atoms with Gasteiger partial charge < -0.3 is 30.0 Å². The van der Waals surface area contributed by atoms with Crippen molar-refractivity contribution < 1.29 is 38.3 Å². The summed E-state index contributed by atoms with van der Waals surface area (Å²) in [5.74, 6) is 1.20. The van der Waals surface area contributed by atoms with Crippen molar-refractivity contribution in [3.63, 3.8) is 0 Å². The Labute approximate surface area is 227 Å². The number of likely N-dealkylation sites (N-methyl/N-ethyl adjacent to an activating group) is 1. The Morgan fingerprint density at radius 2 is 1.70 bits per heavy atom. The van der Waals surface area contributed by atoms with Crippen LogP contribution in [-0.2, 0) is 28.7 Å². The van der Waals surface area contributed by atoms with Gasteiger partial charge in [-0.15, -0.1) is 11.8 Å². The maximum absolute atomic E-state index is 11.6. The molecule has 0 aromatic heterocycles. The van der Waals surface area contributed by atoms with E-state index in [1.54, 1.807) is 13.8 Å². The number of amides is 1. The van der Waals surface area contributed by atoms with Crippen molar-refractivity contribution in [1.29, 1.82) is 0 Å². The summed E-state index contributed by atoms with van der Waals surface area (Å²) in [5.41, 5.74) is -0.770. The zero-order chi connectivity index (χ0) is 29.2. The Hall–Kier alpha value is -2.02. The van der Waals surface area contributed by atoms with Crippen LogP contribution in [0.3, 0.4) is 0 Å². The fraction of sp³-hybridized carbons (Fsp3) is 0.800. The molecule has 1 aliphatic heterocycles. The van der Waals surface area contributed by atoms with Gasteiger partial charge in [0.2, 0.25) is 12.2 Å². The average molecular weight is 552 g/mol. The average Bonchev–Trinajstić information content (AvgIpc) is 3.56. The van der Waals surface area contributed by atoms with Crippen LogP contribution < -0.4 is 16.0 Å². The van der Waals surface area contributed by atoms with Crippen LogP contribution in [0.1, 0.15) is 54.4 Å². The topological polar surface area (TPSA) is 146 Å². The maximum Gasteiger partial charge on any atom is 0.290 e. The Morgan fingerprint density at radius 1 is 1.14 bits per heavy atom. The normalized spacial score (nSPS) is 15.8. The molecule has 37 heavy (non-hydrogen) atoms. The van der Waals surface area contributed by atoms with Gasteiger partial charge in [0, 0.05) is 18.7 Å². The fourth-order valence-corrected chi connectivity index (χ4v) is 3.05. The summed E-state index contributed by atoms with van der Waals surface area (Å²) in [6.07, 6.45) is 3.90. The largest absolute Gasteiger partial charge is 0.483 e. The van der Waals surface area contributed by atoms with Crippen molar-refractivity contribution in [2.24, 2.45) is 0 Å². The monoisotopic (exact) mass is 551 g/mol. The van der Waals surface area contributed by atoms with Gasteiger partial charge in [-0.1, -0.05) is 13.8 Å². The van der Waals surface area contributed by atoms with Crippen molar-refractivity contribution in [3.05, 3.63) is 0 Å². The number of thioether (sulfide) groups is 1. The molecular weight excluding hydrogens is 500 g/mol. The summed E-state index contributed by atoms with van der Waals surface area (Å²) in [4.78, 5) is 41.0. The van der Waals surface area contributed by atoms with Gasteiger partial charge in [-0.3, -0.25) is 24.3 Å². The number of nitrogens with zero attached hydrogens (tertiary/aromatic N) is 1. The zero-order valence-corrected chi connectivity index (χ0v) is 24.9. The first-order valence-electron chi connectivity index (χ1n) is 12.5. The van der Waals surface area contributed by atoms with Crippen molar-refractivity contribution >= 4 is 42.5 Å². The fourth-order valence-electron chi connectivity index (χ4n) is 2.42. The summed E-state index contributed by atoms with van der Waals surface area (Å²) in [6.45, 7) is 15.4. The molecule has 1 aliphatic rings.